The van der Waals surface area contributed by atoms with Gasteiger partial charge in [0.25, 0.3) is 0 Å². The van der Waals surface area contributed by atoms with Gasteiger partial charge in [0, 0.05) is 25.2 Å². The molecule has 1 aromatic rings. The molecule has 0 radical (unpaired) electrons. The molecule has 0 aromatic heterocycles. The van der Waals surface area contributed by atoms with Crippen LogP contribution in [0.2, 0.25) is 0 Å². The van der Waals surface area contributed by atoms with Gasteiger partial charge in [-0.15, -0.1) is 0 Å². The van der Waals surface area contributed by atoms with Gasteiger partial charge in [0.05, 0.1) is 12.3 Å². The molecule has 0 spiro atoms. The summed E-state index contributed by atoms with van der Waals surface area (Å²) >= 11 is 0. The topological polar surface area (TPSA) is 42.5 Å². The number of hydrogen-bond acceptors (Lipinski definition) is 4. The lowest BCUT2D eigenvalue weighted by molar-refractivity contribution is 0.000308. The summed E-state index contributed by atoms with van der Waals surface area (Å²) in [6.45, 7) is 3.77. The first-order chi connectivity index (χ1) is 9.34. The summed E-state index contributed by atoms with van der Waals surface area (Å²) in [6.07, 6.45) is 1.80. The molecule has 0 saturated carbocycles. The first-order valence-corrected chi connectivity index (χ1v) is 6.85. The quantitative estimate of drug-likeness (QED) is 0.871. The normalized spacial score (nSPS) is 22.5. The summed E-state index contributed by atoms with van der Waals surface area (Å²) in [5.41, 5.74) is 1.56. The van der Waals surface area contributed by atoms with E-state index in [-0.39, 0.29) is 11.9 Å². The zero-order valence-electron chi connectivity index (χ0n) is 10.9. The molecule has 5 heteroatoms. The first kappa shape index (κ1) is 12.7. The Morgan fingerprint density at radius 1 is 1.37 bits per heavy atom. The van der Waals surface area contributed by atoms with E-state index in [0.29, 0.717) is 13.2 Å². The molecule has 2 aliphatic heterocycles. The molecule has 19 heavy (non-hydrogen) atoms. The highest BCUT2D eigenvalue weighted by atomic mass is 19.1. The summed E-state index contributed by atoms with van der Waals surface area (Å²) in [5.74, 6) is 0.579. The maximum atomic E-state index is 13.7. The van der Waals surface area contributed by atoms with E-state index >= 15 is 0 Å². The SMILES string of the molecule is Fc1ccc(OC[C@@H]2CNCCO2)c2c1CCCN2. The molecular weight excluding hydrogens is 247 g/mol. The van der Waals surface area contributed by atoms with Crippen LogP contribution in [0.1, 0.15) is 12.0 Å². The van der Waals surface area contributed by atoms with Crippen molar-refractivity contribution in [1.82, 2.24) is 5.32 Å². The fourth-order valence-corrected chi connectivity index (χ4v) is 2.55. The van der Waals surface area contributed by atoms with E-state index in [4.69, 9.17) is 9.47 Å². The van der Waals surface area contributed by atoms with Crippen molar-refractivity contribution in [2.45, 2.75) is 18.9 Å². The lowest BCUT2D eigenvalue weighted by atomic mass is 10.0. The molecule has 4 nitrogen and oxygen atoms in total. The molecule has 1 aromatic carbocycles. The number of ether oxygens (including phenoxy) is 2. The van der Waals surface area contributed by atoms with Crippen LogP contribution in [-0.2, 0) is 11.2 Å². The van der Waals surface area contributed by atoms with E-state index in [9.17, 15) is 4.39 Å². The van der Waals surface area contributed by atoms with Crippen LogP contribution >= 0.6 is 0 Å². The Morgan fingerprint density at radius 2 is 2.32 bits per heavy atom. The molecular formula is C14H19FN2O2. The van der Waals surface area contributed by atoms with Gasteiger partial charge in [-0.25, -0.2) is 4.39 Å². The fourth-order valence-electron chi connectivity index (χ4n) is 2.55. The van der Waals surface area contributed by atoms with E-state index in [1.807, 2.05) is 0 Å². The van der Waals surface area contributed by atoms with Gasteiger partial charge in [0.15, 0.2) is 0 Å². The third kappa shape index (κ3) is 2.82. The zero-order valence-corrected chi connectivity index (χ0v) is 10.9. The highest BCUT2D eigenvalue weighted by Gasteiger charge is 2.19. The van der Waals surface area contributed by atoms with Crippen molar-refractivity contribution in [2.75, 3.05) is 38.2 Å². The predicted molar refractivity (Wildman–Crippen MR) is 71.3 cm³/mol. The summed E-state index contributed by atoms with van der Waals surface area (Å²) in [5, 5.41) is 6.50. The Bertz CT molecular complexity index is 447. The summed E-state index contributed by atoms with van der Waals surface area (Å²) in [6, 6.07) is 3.18. The number of halogens is 1. The summed E-state index contributed by atoms with van der Waals surface area (Å²) in [7, 11) is 0. The highest BCUT2D eigenvalue weighted by molar-refractivity contribution is 5.63. The number of fused-ring (bicyclic) bond motifs is 1. The first-order valence-electron chi connectivity index (χ1n) is 6.85. The third-order valence-electron chi connectivity index (χ3n) is 3.55. The average Bonchev–Trinajstić information content (AvgIpc) is 2.48. The van der Waals surface area contributed by atoms with Crippen molar-refractivity contribution in [1.29, 1.82) is 0 Å². The third-order valence-corrected chi connectivity index (χ3v) is 3.55. The number of hydrogen-bond donors (Lipinski definition) is 2. The van der Waals surface area contributed by atoms with Crippen LogP contribution in [-0.4, -0.2) is 39.0 Å². The predicted octanol–water partition coefficient (Wildman–Crippen LogP) is 1.55. The van der Waals surface area contributed by atoms with Crippen LogP contribution in [0.5, 0.6) is 5.75 Å². The second kappa shape index (κ2) is 5.75. The standard InChI is InChI=1S/C14H19FN2O2/c15-12-3-4-13(14-11(12)2-1-5-17-14)19-9-10-8-16-6-7-18-10/h3-4,10,16-17H,1-2,5-9H2/t10-/m0/s1. The van der Waals surface area contributed by atoms with Crippen molar-refractivity contribution in [2.24, 2.45) is 0 Å². The van der Waals surface area contributed by atoms with Gasteiger partial charge in [0.1, 0.15) is 24.3 Å². The van der Waals surface area contributed by atoms with Crippen molar-refractivity contribution < 1.29 is 13.9 Å². The number of benzene rings is 1. The van der Waals surface area contributed by atoms with Crippen molar-refractivity contribution in [3.05, 3.63) is 23.5 Å². The molecule has 1 fully saturated rings. The fraction of sp³-hybridized carbons (Fsp3) is 0.571. The van der Waals surface area contributed by atoms with Crippen LogP contribution in [0, 0.1) is 5.82 Å². The van der Waals surface area contributed by atoms with Crippen molar-refractivity contribution in [3.63, 3.8) is 0 Å². The molecule has 2 aliphatic rings. The Hall–Kier alpha value is -1.33. The zero-order chi connectivity index (χ0) is 13.1. The maximum absolute atomic E-state index is 13.7. The van der Waals surface area contributed by atoms with Crippen molar-refractivity contribution in [3.8, 4) is 5.75 Å². The van der Waals surface area contributed by atoms with E-state index in [1.165, 1.54) is 6.07 Å². The molecule has 3 rings (SSSR count). The minimum absolute atomic E-state index is 0.0676. The van der Waals surface area contributed by atoms with Crippen molar-refractivity contribution >= 4 is 5.69 Å². The van der Waals surface area contributed by atoms with E-state index < -0.39 is 0 Å². The van der Waals surface area contributed by atoms with E-state index in [1.54, 1.807) is 6.07 Å². The monoisotopic (exact) mass is 266 g/mol. The molecule has 1 saturated heterocycles. The van der Waals surface area contributed by atoms with Gasteiger partial charge >= 0.3 is 0 Å². The Labute approximate surface area is 112 Å². The Morgan fingerprint density at radius 3 is 3.16 bits per heavy atom. The smallest absolute Gasteiger partial charge is 0.143 e. The molecule has 0 aliphatic carbocycles. The largest absolute Gasteiger partial charge is 0.489 e. The average molecular weight is 266 g/mol. The van der Waals surface area contributed by atoms with Gasteiger partial charge < -0.3 is 20.1 Å². The van der Waals surface area contributed by atoms with Crippen LogP contribution in [0.3, 0.4) is 0 Å². The Balaban J connectivity index is 1.70. The molecule has 104 valence electrons. The number of rotatable bonds is 3. The molecule has 0 amide bonds. The van der Waals surface area contributed by atoms with E-state index in [2.05, 4.69) is 10.6 Å². The van der Waals surface area contributed by atoms with Gasteiger partial charge in [-0.05, 0) is 25.0 Å². The number of anilines is 1. The lowest BCUT2D eigenvalue weighted by Gasteiger charge is -2.26. The van der Waals surface area contributed by atoms with Crippen LogP contribution in [0.25, 0.3) is 0 Å². The van der Waals surface area contributed by atoms with E-state index in [0.717, 1.165) is 49.5 Å². The second-order valence-electron chi connectivity index (χ2n) is 4.94. The van der Waals surface area contributed by atoms with Gasteiger partial charge in [-0.3, -0.25) is 0 Å². The molecule has 2 N–H and O–H groups in total. The molecule has 1 atom stereocenters. The highest BCUT2D eigenvalue weighted by Crippen LogP contribution is 2.34. The van der Waals surface area contributed by atoms with Crippen LogP contribution < -0.4 is 15.4 Å². The summed E-state index contributed by atoms with van der Waals surface area (Å²) < 4.78 is 25.1. The lowest BCUT2D eigenvalue weighted by Crippen LogP contribution is -2.41. The minimum atomic E-state index is -0.148. The molecule has 0 bridgehead atoms. The van der Waals surface area contributed by atoms with Gasteiger partial charge in [-0.2, -0.15) is 0 Å². The van der Waals surface area contributed by atoms with Crippen LogP contribution in [0.4, 0.5) is 10.1 Å². The number of morpholine rings is 1. The van der Waals surface area contributed by atoms with Crippen LogP contribution in [0.15, 0.2) is 12.1 Å². The van der Waals surface area contributed by atoms with Gasteiger partial charge in [-0.1, -0.05) is 0 Å². The van der Waals surface area contributed by atoms with Gasteiger partial charge in [0.2, 0.25) is 0 Å². The Kier molecular flexibility index (Phi) is 3.84. The number of nitrogens with one attached hydrogen (secondary N) is 2. The molecule has 2 heterocycles. The summed E-state index contributed by atoms with van der Waals surface area (Å²) in [4.78, 5) is 0. The molecule has 0 unspecified atom stereocenters. The minimum Gasteiger partial charge on any atom is -0.489 e. The maximum Gasteiger partial charge on any atom is 0.143 e. The second-order valence-corrected chi connectivity index (χ2v) is 4.94.